The minimum absolute atomic E-state index is 0.131. The molecule has 0 aliphatic carbocycles. The van der Waals surface area contributed by atoms with Crippen molar-refractivity contribution in [2.45, 2.75) is 19.9 Å². The normalized spacial score (nSPS) is 12.0. The standard InChI is InChI=1S/C23H28N2O3/c1-16-6-8-18(9-7-16)19-12-20(22(26)10-11-25(3)4)14-21(13-19)23(27)24-17(2)15-28-5/h6-14,17H,15H2,1-5H3,(H,24,27)/b11-10-. The largest absolute Gasteiger partial charge is 0.383 e. The van der Waals surface area contributed by atoms with Gasteiger partial charge in [-0.2, -0.15) is 0 Å². The van der Waals surface area contributed by atoms with E-state index in [1.54, 1.807) is 24.3 Å². The lowest BCUT2D eigenvalue weighted by Gasteiger charge is -2.14. The van der Waals surface area contributed by atoms with Crippen molar-refractivity contribution >= 4 is 11.7 Å². The SMILES string of the molecule is COCC(C)NC(=O)c1cc(C(=O)/C=C\N(C)C)cc(-c2ccc(C)cc2)c1. The summed E-state index contributed by atoms with van der Waals surface area (Å²) >= 11 is 0. The van der Waals surface area contributed by atoms with Gasteiger partial charge >= 0.3 is 0 Å². The first-order valence-electron chi connectivity index (χ1n) is 9.21. The number of nitrogens with one attached hydrogen (secondary N) is 1. The number of rotatable bonds is 8. The van der Waals surface area contributed by atoms with E-state index in [2.05, 4.69) is 5.32 Å². The van der Waals surface area contributed by atoms with E-state index >= 15 is 0 Å². The van der Waals surface area contributed by atoms with Gasteiger partial charge in [-0.1, -0.05) is 29.8 Å². The van der Waals surface area contributed by atoms with Crippen molar-refractivity contribution in [3.8, 4) is 11.1 Å². The molecule has 0 aliphatic rings. The van der Waals surface area contributed by atoms with Crippen molar-refractivity contribution in [1.29, 1.82) is 0 Å². The highest BCUT2D eigenvalue weighted by atomic mass is 16.5. The Morgan fingerprint density at radius 3 is 2.32 bits per heavy atom. The molecule has 5 heteroatoms. The number of ketones is 1. The molecule has 148 valence electrons. The predicted octanol–water partition coefficient (Wildman–Crippen LogP) is 3.68. The van der Waals surface area contributed by atoms with Crippen LogP contribution in [-0.2, 0) is 4.74 Å². The van der Waals surface area contributed by atoms with Crippen molar-refractivity contribution in [2.75, 3.05) is 27.8 Å². The number of methoxy groups -OCH3 is 1. The van der Waals surface area contributed by atoms with Gasteiger partial charge in [0.15, 0.2) is 5.78 Å². The molecule has 0 fully saturated rings. The molecule has 1 unspecified atom stereocenters. The molecule has 2 aromatic rings. The maximum Gasteiger partial charge on any atom is 0.251 e. The monoisotopic (exact) mass is 380 g/mol. The van der Waals surface area contributed by atoms with Crippen molar-refractivity contribution in [2.24, 2.45) is 0 Å². The summed E-state index contributed by atoms with van der Waals surface area (Å²) in [6, 6.07) is 13.1. The third-order valence-electron chi connectivity index (χ3n) is 4.18. The highest BCUT2D eigenvalue weighted by molar-refractivity contribution is 6.07. The van der Waals surface area contributed by atoms with Gasteiger partial charge in [0.05, 0.1) is 6.61 Å². The van der Waals surface area contributed by atoms with Crippen LogP contribution in [0.25, 0.3) is 11.1 Å². The highest BCUT2D eigenvalue weighted by Gasteiger charge is 2.15. The summed E-state index contributed by atoms with van der Waals surface area (Å²) in [5.74, 6) is -0.384. The molecule has 5 nitrogen and oxygen atoms in total. The summed E-state index contributed by atoms with van der Waals surface area (Å²) in [5.41, 5.74) is 3.85. The number of aryl methyl sites for hydroxylation is 1. The molecule has 0 bridgehead atoms. The average Bonchev–Trinajstić information content (AvgIpc) is 2.66. The van der Waals surface area contributed by atoms with E-state index in [4.69, 9.17) is 4.74 Å². The van der Waals surface area contributed by atoms with Crippen LogP contribution < -0.4 is 5.32 Å². The Balaban J connectivity index is 2.44. The van der Waals surface area contributed by atoms with Crippen LogP contribution >= 0.6 is 0 Å². The summed E-state index contributed by atoms with van der Waals surface area (Å²) in [4.78, 5) is 27.1. The van der Waals surface area contributed by atoms with Gasteiger partial charge < -0.3 is 15.0 Å². The van der Waals surface area contributed by atoms with Crippen LogP contribution in [0.15, 0.2) is 54.7 Å². The second-order valence-electron chi connectivity index (χ2n) is 7.14. The number of amides is 1. The summed E-state index contributed by atoms with van der Waals surface area (Å²) in [5, 5.41) is 2.90. The average molecular weight is 380 g/mol. The van der Waals surface area contributed by atoms with Gasteiger partial charge in [-0.05, 0) is 43.2 Å². The Kier molecular flexibility index (Phi) is 7.52. The van der Waals surface area contributed by atoms with E-state index in [-0.39, 0.29) is 17.7 Å². The number of hydrogen-bond donors (Lipinski definition) is 1. The maximum absolute atomic E-state index is 12.7. The molecule has 0 saturated heterocycles. The number of ether oxygens (including phenoxy) is 1. The van der Waals surface area contributed by atoms with Crippen molar-refractivity contribution in [3.63, 3.8) is 0 Å². The lowest BCUT2D eigenvalue weighted by molar-refractivity contribution is 0.0905. The molecule has 0 saturated carbocycles. The number of carbonyl (C=O) groups is 2. The first kappa shape index (κ1) is 21.4. The molecule has 0 aromatic heterocycles. The smallest absolute Gasteiger partial charge is 0.251 e. The number of benzene rings is 2. The summed E-state index contributed by atoms with van der Waals surface area (Å²) in [6.45, 7) is 4.31. The fraction of sp³-hybridized carbons (Fsp3) is 0.304. The zero-order valence-electron chi connectivity index (χ0n) is 17.2. The number of allylic oxidation sites excluding steroid dienone is 1. The van der Waals surface area contributed by atoms with E-state index in [0.29, 0.717) is 17.7 Å². The van der Waals surface area contributed by atoms with Crippen molar-refractivity contribution in [1.82, 2.24) is 10.2 Å². The lowest BCUT2D eigenvalue weighted by Crippen LogP contribution is -2.35. The zero-order chi connectivity index (χ0) is 20.7. The van der Waals surface area contributed by atoms with Crippen LogP contribution in [-0.4, -0.2) is 50.4 Å². The molecule has 2 rings (SSSR count). The Hall–Kier alpha value is -2.92. The summed E-state index contributed by atoms with van der Waals surface area (Å²) in [6.07, 6.45) is 3.20. The number of carbonyl (C=O) groups excluding carboxylic acids is 2. The summed E-state index contributed by atoms with van der Waals surface area (Å²) < 4.78 is 5.08. The van der Waals surface area contributed by atoms with Crippen molar-refractivity contribution in [3.05, 3.63) is 71.4 Å². The first-order valence-corrected chi connectivity index (χ1v) is 9.21. The molecule has 0 heterocycles. The van der Waals surface area contributed by atoms with Gasteiger partial charge in [0.25, 0.3) is 5.91 Å². The second kappa shape index (κ2) is 9.85. The number of nitrogens with zero attached hydrogens (tertiary/aromatic N) is 1. The fourth-order valence-corrected chi connectivity index (χ4v) is 2.73. The van der Waals surface area contributed by atoms with Crippen LogP contribution in [0.2, 0.25) is 0 Å². The Bertz CT molecular complexity index is 855. The first-order chi connectivity index (χ1) is 13.3. The molecular weight excluding hydrogens is 352 g/mol. The van der Waals surface area contributed by atoms with Crippen LogP contribution in [0.1, 0.15) is 33.2 Å². The van der Waals surface area contributed by atoms with Gasteiger partial charge in [0.2, 0.25) is 0 Å². The molecule has 1 atom stereocenters. The maximum atomic E-state index is 12.7. The van der Waals surface area contributed by atoms with Gasteiger partial charge in [-0.3, -0.25) is 9.59 Å². The Morgan fingerprint density at radius 2 is 1.71 bits per heavy atom. The van der Waals surface area contributed by atoms with E-state index in [0.717, 1.165) is 16.7 Å². The van der Waals surface area contributed by atoms with E-state index in [1.807, 2.05) is 64.3 Å². The minimum atomic E-state index is -0.232. The predicted molar refractivity (Wildman–Crippen MR) is 113 cm³/mol. The van der Waals surface area contributed by atoms with Crippen LogP contribution in [0, 0.1) is 6.92 Å². The fourth-order valence-electron chi connectivity index (χ4n) is 2.73. The Morgan fingerprint density at radius 1 is 1.07 bits per heavy atom. The topological polar surface area (TPSA) is 58.6 Å². The van der Waals surface area contributed by atoms with E-state index < -0.39 is 0 Å². The third-order valence-corrected chi connectivity index (χ3v) is 4.18. The minimum Gasteiger partial charge on any atom is -0.383 e. The zero-order valence-corrected chi connectivity index (χ0v) is 17.2. The van der Waals surface area contributed by atoms with Gasteiger partial charge in [0, 0.05) is 50.6 Å². The van der Waals surface area contributed by atoms with Gasteiger partial charge in [0.1, 0.15) is 0 Å². The molecule has 0 aliphatic heterocycles. The molecule has 28 heavy (non-hydrogen) atoms. The molecule has 0 radical (unpaired) electrons. The lowest BCUT2D eigenvalue weighted by atomic mass is 9.97. The molecule has 0 spiro atoms. The quantitative estimate of drug-likeness (QED) is 0.561. The molecule has 2 aromatic carbocycles. The van der Waals surface area contributed by atoms with Crippen LogP contribution in [0.5, 0.6) is 0 Å². The Labute approximate surface area is 167 Å². The van der Waals surface area contributed by atoms with Gasteiger partial charge in [-0.15, -0.1) is 0 Å². The van der Waals surface area contributed by atoms with Gasteiger partial charge in [-0.25, -0.2) is 0 Å². The number of hydrogen-bond acceptors (Lipinski definition) is 4. The third kappa shape index (κ3) is 6.06. The van der Waals surface area contributed by atoms with E-state index in [9.17, 15) is 9.59 Å². The summed E-state index contributed by atoms with van der Waals surface area (Å²) in [7, 11) is 5.29. The molecular formula is C23H28N2O3. The van der Waals surface area contributed by atoms with Crippen molar-refractivity contribution < 1.29 is 14.3 Å². The van der Waals surface area contributed by atoms with Crippen LogP contribution in [0.3, 0.4) is 0 Å². The molecule has 1 N–H and O–H groups in total. The van der Waals surface area contributed by atoms with E-state index in [1.165, 1.54) is 6.08 Å². The van der Waals surface area contributed by atoms with Crippen LogP contribution in [0.4, 0.5) is 0 Å². The molecule has 1 amide bonds. The highest BCUT2D eigenvalue weighted by Crippen LogP contribution is 2.24. The second-order valence-corrected chi connectivity index (χ2v) is 7.14.